The van der Waals surface area contributed by atoms with Gasteiger partial charge in [0.05, 0.1) is 5.56 Å². The molecule has 1 aromatic heterocycles. The van der Waals surface area contributed by atoms with Crippen LogP contribution < -0.4 is 5.32 Å². The van der Waals surface area contributed by atoms with Gasteiger partial charge in [-0.15, -0.1) is 0 Å². The molecular weight excluding hydrogens is 308 g/mol. The Kier molecular flexibility index (Phi) is 4.17. The van der Waals surface area contributed by atoms with E-state index in [2.05, 4.69) is 5.32 Å². The van der Waals surface area contributed by atoms with E-state index in [1.165, 1.54) is 18.2 Å². The summed E-state index contributed by atoms with van der Waals surface area (Å²) in [5.74, 6) is -0.485. The van der Waals surface area contributed by atoms with Crippen LogP contribution in [0.2, 0.25) is 0 Å². The maximum atomic E-state index is 11.9. The van der Waals surface area contributed by atoms with Crippen molar-refractivity contribution in [2.45, 2.75) is 18.9 Å². The molecule has 0 unspecified atom stereocenters. The highest BCUT2D eigenvalue weighted by molar-refractivity contribution is 6.01. The van der Waals surface area contributed by atoms with E-state index in [-0.39, 0.29) is 17.2 Å². The molecule has 1 fully saturated rings. The molecule has 0 bridgehead atoms. The van der Waals surface area contributed by atoms with E-state index in [1.807, 2.05) is 6.07 Å². The van der Waals surface area contributed by atoms with E-state index in [1.54, 1.807) is 24.3 Å². The van der Waals surface area contributed by atoms with Crippen LogP contribution in [0.15, 0.2) is 46.4 Å². The second-order valence-electron chi connectivity index (χ2n) is 5.50. The third-order valence-electron chi connectivity index (χ3n) is 3.61. The summed E-state index contributed by atoms with van der Waals surface area (Å²) in [4.78, 5) is 22.8. The summed E-state index contributed by atoms with van der Waals surface area (Å²) in [6, 6.07) is 11.7. The van der Waals surface area contributed by atoms with Crippen LogP contribution in [0.1, 0.15) is 29.0 Å². The number of carboxylic acid groups (broad SMARTS) is 1. The van der Waals surface area contributed by atoms with Crippen molar-refractivity contribution in [3.8, 4) is 17.4 Å². The van der Waals surface area contributed by atoms with Crippen molar-refractivity contribution in [3.63, 3.8) is 0 Å². The standard InChI is InChI=1S/C18H14N2O4/c19-10-13(17(21)20-14-5-6-14)9-15-7-8-16(24-15)11-1-3-12(4-2-11)18(22)23/h1-4,7-9,14H,5-6H2,(H,20,21)(H,22,23)/b13-9+. The van der Waals surface area contributed by atoms with Gasteiger partial charge in [0.1, 0.15) is 23.2 Å². The Morgan fingerprint density at radius 2 is 1.92 bits per heavy atom. The quantitative estimate of drug-likeness (QED) is 0.651. The highest BCUT2D eigenvalue weighted by atomic mass is 16.4. The van der Waals surface area contributed by atoms with Crippen molar-refractivity contribution in [3.05, 3.63) is 53.3 Å². The van der Waals surface area contributed by atoms with Crippen molar-refractivity contribution >= 4 is 18.0 Å². The minimum Gasteiger partial charge on any atom is -0.478 e. The lowest BCUT2D eigenvalue weighted by atomic mass is 10.1. The lowest BCUT2D eigenvalue weighted by Crippen LogP contribution is -2.26. The Bertz CT molecular complexity index is 852. The van der Waals surface area contributed by atoms with Gasteiger partial charge in [0, 0.05) is 17.7 Å². The predicted molar refractivity (Wildman–Crippen MR) is 85.9 cm³/mol. The second kappa shape index (κ2) is 6.42. The fourth-order valence-corrected chi connectivity index (χ4v) is 2.14. The Balaban J connectivity index is 1.79. The van der Waals surface area contributed by atoms with Crippen molar-refractivity contribution in [2.75, 3.05) is 0 Å². The first-order valence-electron chi connectivity index (χ1n) is 7.43. The van der Waals surface area contributed by atoms with Gasteiger partial charge in [-0.05, 0) is 37.1 Å². The summed E-state index contributed by atoms with van der Waals surface area (Å²) in [5, 5.41) is 20.8. The minimum atomic E-state index is -0.995. The summed E-state index contributed by atoms with van der Waals surface area (Å²) < 4.78 is 5.62. The maximum absolute atomic E-state index is 11.9. The van der Waals surface area contributed by atoms with Crippen LogP contribution in [-0.4, -0.2) is 23.0 Å². The largest absolute Gasteiger partial charge is 0.478 e. The molecule has 1 aliphatic rings. The summed E-state index contributed by atoms with van der Waals surface area (Å²) in [7, 11) is 0. The zero-order valence-corrected chi connectivity index (χ0v) is 12.7. The van der Waals surface area contributed by atoms with Crippen LogP contribution in [-0.2, 0) is 4.79 Å². The molecule has 24 heavy (non-hydrogen) atoms. The minimum absolute atomic E-state index is 0.0102. The predicted octanol–water partition coefficient (Wildman–Crippen LogP) is 2.83. The number of nitrogens with zero attached hydrogens (tertiary/aromatic N) is 1. The smallest absolute Gasteiger partial charge is 0.335 e. The van der Waals surface area contributed by atoms with E-state index in [9.17, 15) is 9.59 Å². The van der Waals surface area contributed by atoms with Crippen molar-refractivity contribution in [2.24, 2.45) is 0 Å². The van der Waals surface area contributed by atoms with Gasteiger partial charge in [0.25, 0.3) is 5.91 Å². The lowest BCUT2D eigenvalue weighted by molar-refractivity contribution is -0.117. The summed E-state index contributed by atoms with van der Waals surface area (Å²) in [6.07, 6.45) is 3.29. The maximum Gasteiger partial charge on any atom is 0.335 e. The zero-order chi connectivity index (χ0) is 17.1. The van der Waals surface area contributed by atoms with E-state index in [0.29, 0.717) is 17.1 Å². The molecule has 6 heteroatoms. The summed E-state index contributed by atoms with van der Waals surface area (Å²) in [5.41, 5.74) is 0.888. The molecule has 120 valence electrons. The number of nitriles is 1. The van der Waals surface area contributed by atoms with Crippen LogP contribution in [0.4, 0.5) is 0 Å². The molecule has 1 aliphatic carbocycles. The van der Waals surface area contributed by atoms with Gasteiger partial charge in [-0.25, -0.2) is 4.79 Å². The number of rotatable bonds is 5. The van der Waals surface area contributed by atoms with Gasteiger partial charge in [0.15, 0.2) is 0 Å². The molecule has 0 aliphatic heterocycles. The number of furan rings is 1. The first kappa shape index (κ1) is 15.6. The molecule has 6 nitrogen and oxygen atoms in total. The third-order valence-corrected chi connectivity index (χ3v) is 3.61. The molecule has 2 N–H and O–H groups in total. The Labute approximate surface area is 138 Å². The number of carbonyl (C=O) groups excluding carboxylic acids is 1. The van der Waals surface area contributed by atoms with Crippen LogP contribution in [0.25, 0.3) is 17.4 Å². The first-order chi connectivity index (χ1) is 11.6. The third kappa shape index (κ3) is 3.52. The lowest BCUT2D eigenvalue weighted by Gasteiger charge is -2.00. The molecule has 3 rings (SSSR count). The summed E-state index contributed by atoms with van der Waals surface area (Å²) in [6.45, 7) is 0. The van der Waals surface area contributed by atoms with Crippen LogP contribution >= 0.6 is 0 Å². The van der Waals surface area contributed by atoms with Crippen molar-refractivity contribution in [1.82, 2.24) is 5.32 Å². The van der Waals surface area contributed by atoms with Gasteiger partial charge in [-0.1, -0.05) is 12.1 Å². The Morgan fingerprint density at radius 1 is 1.21 bits per heavy atom. The van der Waals surface area contributed by atoms with Gasteiger partial charge in [0.2, 0.25) is 0 Å². The molecule has 2 aromatic rings. The van der Waals surface area contributed by atoms with E-state index < -0.39 is 11.9 Å². The number of nitrogens with one attached hydrogen (secondary N) is 1. The van der Waals surface area contributed by atoms with Gasteiger partial charge < -0.3 is 14.8 Å². The molecule has 0 atom stereocenters. The van der Waals surface area contributed by atoms with E-state index >= 15 is 0 Å². The fourth-order valence-electron chi connectivity index (χ4n) is 2.14. The van der Waals surface area contributed by atoms with Crippen molar-refractivity contribution < 1.29 is 19.1 Å². The number of benzene rings is 1. The average molecular weight is 322 g/mol. The molecule has 1 aromatic carbocycles. The molecule has 1 heterocycles. The monoisotopic (exact) mass is 322 g/mol. The fraction of sp³-hybridized carbons (Fsp3) is 0.167. The average Bonchev–Trinajstić information content (AvgIpc) is 3.27. The van der Waals surface area contributed by atoms with Gasteiger partial charge in [-0.3, -0.25) is 4.79 Å². The number of hydrogen-bond acceptors (Lipinski definition) is 4. The second-order valence-corrected chi connectivity index (χ2v) is 5.50. The molecule has 1 saturated carbocycles. The van der Waals surface area contributed by atoms with Gasteiger partial charge >= 0.3 is 5.97 Å². The van der Waals surface area contributed by atoms with E-state index in [0.717, 1.165) is 12.8 Å². The van der Waals surface area contributed by atoms with Crippen LogP contribution in [0.5, 0.6) is 0 Å². The molecule has 0 spiro atoms. The normalized spacial score (nSPS) is 14.0. The molecule has 0 saturated heterocycles. The summed E-state index contributed by atoms with van der Waals surface area (Å²) >= 11 is 0. The number of carboxylic acids is 1. The highest BCUT2D eigenvalue weighted by Gasteiger charge is 2.24. The van der Waals surface area contributed by atoms with Crippen LogP contribution in [0, 0.1) is 11.3 Å². The topological polar surface area (TPSA) is 103 Å². The highest BCUT2D eigenvalue weighted by Crippen LogP contribution is 2.24. The zero-order valence-electron chi connectivity index (χ0n) is 12.7. The number of hydrogen-bond donors (Lipinski definition) is 2. The van der Waals surface area contributed by atoms with E-state index in [4.69, 9.17) is 14.8 Å². The number of aromatic carboxylic acids is 1. The van der Waals surface area contributed by atoms with Crippen molar-refractivity contribution in [1.29, 1.82) is 5.26 Å². The Hall–Kier alpha value is -3.33. The number of amides is 1. The SMILES string of the molecule is N#C/C(=C\c1ccc(-c2ccc(C(=O)O)cc2)o1)C(=O)NC1CC1. The molecule has 0 radical (unpaired) electrons. The first-order valence-corrected chi connectivity index (χ1v) is 7.43. The Morgan fingerprint density at radius 3 is 2.50 bits per heavy atom. The van der Waals surface area contributed by atoms with Crippen LogP contribution in [0.3, 0.4) is 0 Å². The van der Waals surface area contributed by atoms with Gasteiger partial charge in [-0.2, -0.15) is 5.26 Å². The number of carbonyl (C=O) groups is 2. The molecular formula is C18H14N2O4. The molecule has 1 amide bonds.